The summed E-state index contributed by atoms with van der Waals surface area (Å²) in [5.74, 6) is -0.0947. The maximum atomic E-state index is 13.7. The lowest BCUT2D eigenvalue weighted by molar-refractivity contribution is -0.113. The maximum Gasteiger partial charge on any atom is 0.258 e. The van der Waals surface area contributed by atoms with E-state index in [9.17, 15) is 4.79 Å². The third-order valence-corrected chi connectivity index (χ3v) is 6.06. The van der Waals surface area contributed by atoms with Crippen LogP contribution in [0.4, 0.5) is 5.69 Å². The molecule has 4 rings (SSSR count). The number of benzene rings is 4. The molecule has 0 spiro atoms. The molecule has 0 aliphatic carbocycles. The first-order valence-electron chi connectivity index (χ1n) is 9.81. The second-order valence-corrected chi connectivity index (χ2v) is 8.30. The van der Waals surface area contributed by atoms with E-state index in [0.717, 1.165) is 31.2 Å². The largest absolute Gasteiger partial charge is 0.311 e. The molecule has 0 aliphatic heterocycles. The van der Waals surface area contributed by atoms with E-state index < -0.39 is 0 Å². The molecule has 150 valence electrons. The van der Waals surface area contributed by atoms with E-state index in [1.54, 1.807) is 17.0 Å². The van der Waals surface area contributed by atoms with Crippen molar-refractivity contribution in [3.05, 3.63) is 111 Å². The van der Waals surface area contributed by atoms with E-state index in [4.69, 9.17) is 5.26 Å². The summed E-state index contributed by atoms with van der Waals surface area (Å²) >= 11 is 2.32. The number of carbonyl (C=O) groups is 1. The lowest BCUT2D eigenvalue weighted by Gasteiger charge is -2.22. The van der Waals surface area contributed by atoms with Gasteiger partial charge in [-0.1, -0.05) is 66.7 Å². The van der Waals surface area contributed by atoms with Crippen molar-refractivity contribution in [2.75, 3.05) is 11.9 Å². The van der Waals surface area contributed by atoms with Crippen LogP contribution in [0.3, 0.4) is 0 Å². The number of carbonyl (C=O) groups excluding carboxylic acids is 1. The van der Waals surface area contributed by atoms with Gasteiger partial charge in [0.2, 0.25) is 0 Å². The topological polar surface area (TPSA) is 44.1 Å². The second kappa shape index (κ2) is 9.15. The number of fused-ring (bicyclic) bond motifs is 1. The van der Waals surface area contributed by atoms with Gasteiger partial charge in [0.15, 0.2) is 0 Å². The van der Waals surface area contributed by atoms with Crippen molar-refractivity contribution >= 4 is 56.6 Å². The molecule has 0 aromatic heterocycles. The van der Waals surface area contributed by atoms with Crippen molar-refractivity contribution in [2.24, 2.45) is 0 Å². The first-order valence-corrected chi connectivity index (χ1v) is 10.9. The van der Waals surface area contributed by atoms with Gasteiger partial charge in [-0.05, 0) is 69.4 Å². The van der Waals surface area contributed by atoms with E-state index >= 15 is 0 Å². The highest BCUT2D eigenvalue weighted by atomic mass is 127. The summed E-state index contributed by atoms with van der Waals surface area (Å²) in [6.07, 6.45) is 1.88. The van der Waals surface area contributed by atoms with Crippen LogP contribution in [0.1, 0.15) is 16.7 Å². The predicted octanol–water partition coefficient (Wildman–Crippen LogP) is 6.52. The molecule has 0 N–H and O–H groups in total. The number of hydrogen-bond donors (Lipinski definition) is 0. The van der Waals surface area contributed by atoms with Gasteiger partial charge in [0.25, 0.3) is 5.91 Å². The van der Waals surface area contributed by atoms with Crippen LogP contribution in [0.2, 0.25) is 0 Å². The highest BCUT2D eigenvalue weighted by Gasteiger charge is 2.20. The summed E-state index contributed by atoms with van der Waals surface area (Å²) in [6, 6.07) is 31.2. The van der Waals surface area contributed by atoms with Gasteiger partial charge < -0.3 is 4.90 Å². The van der Waals surface area contributed by atoms with Gasteiger partial charge in [-0.3, -0.25) is 4.79 Å². The van der Waals surface area contributed by atoms with Crippen LogP contribution >= 0.6 is 22.6 Å². The smallest absolute Gasteiger partial charge is 0.258 e. The van der Waals surface area contributed by atoms with Crippen LogP contribution in [-0.2, 0) is 4.79 Å². The Morgan fingerprint density at radius 1 is 0.903 bits per heavy atom. The molecule has 0 atom stereocenters. The van der Waals surface area contributed by atoms with Crippen LogP contribution in [0, 0.1) is 14.9 Å². The van der Waals surface area contributed by atoms with Crippen molar-refractivity contribution in [1.29, 1.82) is 5.26 Å². The fraction of sp³-hybridized carbons (Fsp3) is 0.0370. The fourth-order valence-corrected chi connectivity index (χ4v) is 4.35. The minimum Gasteiger partial charge on any atom is -0.311 e. The Balaban J connectivity index is 1.81. The Labute approximate surface area is 195 Å². The first kappa shape index (κ1) is 20.8. The summed E-state index contributed by atoms with van der Waals surface area (Å²) in [5.41, 5.74) is 3.77. The van der Waals surface area contributed by atoms with Crippen LogP contribution in [0.5, 0.6) is 0 Å². The maximum absolute atomic E-state index is 13.7. The summed E-state index contributed by atoms with van der Waals surface area (Å²) in [5, 5.41) is 11.2. The molecule has 4 aromatic carbocycles. The van der Waals surface area contributed by atoms with E-state index in [1.165, 1.54) is 0 Å². The van der Waals surface area contributed by atoms with Gasteiger partial charge in [0, 0.05) is 21.6 Å². The quantitative estimate of drug-likeness (QED) is 0.177. The van der Waals surface area contributed by atoms with E-state index in [1.807, 2.05) is 73.8 Å². The average molecular weight is 514 g/mol. The van der Waals surface area contributed by atoms with Crippen LogP contribution in [0.25, 0.3) is 22.4 Å². The molecule has 0 unspecified atom stereocenters. The van der Waals surface area contributed by atoms with Crippen LogP contribution < -0.4 is 4.90 Å². The van der Waals surface area contributed by atoms with Gasteiger partial charge in [0.1, 0.15) is 0 Å². The first-order chi connectivity index (χ1) is 15.1. The molecule has 0 fully saturated rings. The fourth-order valence-electron chi connectivity index (χ4n) is 3.55. The SMILES string of the molecule is CN(C(=O)C(=Cc1ccc(C#N)cc1)c1ccccc1)c1cccc2cccc(I)c12. The number of anilines is 1. The number of rotatable bonds is 4. The number of nitrogens with zero attached hydrogens (tertiary/aromatic N) is 2. The molecule has 4 heteroatoms. The number of nitriles is 1. The number of amides is 1. The molecule has 0 heterocycles. The third-order valence-electron chi connectivity index (χ3n) is 5.16. The Morgan fingerprint density at radius 3 is 2.26 bits per heavy atom. The van der Waals surface area contributed by atoms with Crippen molar-refractivity contribution in [3.8, 4) is 6.07 Å². The minimum absolute atomic E-state index is 0.0947. The van der Waals surface area contributed by atoms with Gasteiger partial charge in [-0.15, -0.1) is 0 Å². The van der Waals surface area contributed by atoms with Gasteiger partial charge >= 0.3 is 0 Å². The Bertz CT molecular complexity index is 1310. The Hall–Kier alpha value is -3.43. The van der Waals surface area contributed by atoms with Gasteiger partial charge in [-0.2, -0.15) is 5.26 Å². The zero-order valence-corrected chi connectivity index (χ0v) is 19.1. The van der Waals surface area contributed by atoms with E-state index in [-0.39, 0.29) is 5.91 Å². The van der Waals surface area contributed by atoms with Gasteiger partial charge in [-0.25, -0.2) is 0 Å². The summed E-state index contributed by atoms with van der Waals surface area (Å²) < 4.78 is 1.10. The zero-order valence-electron chi connectivity index (χ0n) is 16.9. The normalized spacial score (nSPS) is 11.2. The van der Waals surface area contributed by atoms with Crippen LogP contribution in [-0.4, -0.2) is 13.0 Å². The van der Waals surface area contributed by atoms with Crippen molar-refractivity contribution < 1.29 is 4.79 Å². The number of likely N-dealkylation sites (N-methyl/N-ethyl adjacent to an activating group) is 1. The van der Waals surface area contributed by atoms with Gasteiger partial charge in [0.05, 0.1) is 17.3 Å². The predicted molar refractivity (Wildman–Crippen MR) is 136 cm³/mol. The summed E-state index contributed by atoms with van der Waals surface area (Å²) in [7, 11) is 1.82. The third kappa shape index (κ3) is 4.37. The molecule has 0 saturated carbocycles. The molecule has 0 radical (unpaired) electrons. The highest BCUT2D eigenvalue weighted by molar-refractivity contribution is 14.1. The number of halogens is 1. The molecular formula is C27H19IN2O. The summed E-state index contributed by atoms with van der Waals surface area (Å²) in [4.78, 5) is 15.4. The van der Waals surface area contributed by atoms with Crippen molar-refractivity contribution in [1.82, 2.24) is 0 Å². The van der Waals surface area contributed by atoms with Crippen molar-refractivity contribution in [2.45, 2.75) is 0 Å². The summed E-state index contributed by atoms with van der Waals surface area (Å²) in [6.45, 7) is 0. The van der Waals surface area contributed by atoms with Crippen LogP contribution in [0.15, 0.2) is 91.0 Å². The molecule has 4 aromatic rings. The molecule has 3 nitrogen and oxygen atoms in total. The Morgan fingerprint density at radius 2 is 1.58 bits per heavy atom. The molecule has 0 saturated heterocycles. The average Bonchev–Trinajstić information content (AvgIpc) is 2.82. The zero-order chi connectivity index (χ0) is 21.8. The number of hydrogen-bond acceptors (Lipinski definition) is 2. The van der Waals surface area contributed by atoms with E-state index in [0.29, 0.717) is 11.1 Å². The second-order valence-electron chi connectivity index (χ2n) is 7.14. The lowest BCUT2D eigenvalue weighted by atomic mass is 10.00. The van der Waals surface area contributed by atoms with E-state index in [2.05, 4.69) is 46.9 Å². The monoisotopic (exact) mass is 514 g/mol. The van der Waals surface area contributed by atoms with Crippen molar-refractivity contribution in [3.63, 3.8) is 0 Å². The highest BCUT2D eigenvalue weighted by Crippen LogP contribution is 2.32. The molecule has 1 amide bonds. The standard InChI is InChI=1S/C27H19IN2O/c1-30(25-12-6-10-22-9-5-11-24(28)26(22)25)27(31)23(21-7-3-2-4-8-21)17-19-13-15-20(18-29)16-14-19/h2-17H,1H3. The lowest BCUT2D eigenvalue weighted by Crippen LogP contribution is -2.27. The Kier molecular flexibility index (Phi) is 6.15. The molecular weight excluding hydrogens is 495 g/mol. The molecule has 0 bridgehead atoms. The molecule has 0 aliphatic rings. The molecule has 31 heavy (non-hydrogen) atoms. The minimum atomic E-state index is -0.0947.